The number of halogens is 2. The highest BCUT2D eigenvalue weighted by molar-refractivity contribution is 5.84. The Hall–Kier alpha value is -1.44. The Labute approximate surface area is 159 Å². The van der Waals surface area contributed by atoms with Crippen LogP contribution in [-0.2, 0) is 9.53 Å². The van der Waals surface area contributed by atoms with Crippen LogP contribution in [-0.4, -0.2) is 58.8 Å². The first-order chi connectivity index (χ1) is 12.4. The predicted molar refractivity (Wildman–Crippen MR) is 96.4 cm³/mol. The van der Waals surface area contributed by atoms with Crippen molar-refractivity contribution in [2.75, 3.05) is 13.1 Å². The van der Waals surface area contributed by atoms with E-state index in [0.717, 1.165) is 4.90 Å². The molecule has 1 heterocycles. The number of nitrogens with one attached hydrogen (secondary N) is 1. The van der Waals surface area contributed by atoms with Gasteiger partial charge in [0.15, 0.2) is 6.10 Å². The van der Waals surface area contributed by atoms with Crippen LogP contribution in [0, 0.1) is 11.8 Å². The lowest BCUT2D eigenvalue weighted by atomic mass is 9.77. The van der Waals surface area contributed by atoms with Crippen molar-refractivity contribution in [1.29, 1.82) is 0 Å². The molecule has 2 atom stereocenters. The summed E-state index contributed by atoms with van der Waals surface area (Å²) in [6.07, 6.45) is 0.140. The molecular formula is C19H32F2N2O4. The Morgan fingerprint density at radius 2 is 1.81 bits per heavy atom. The van der Waals surface area contributed by atoms with Crippen LogP contribution in [0.2, 0.25) is 0 Å². The molecule has 0 aromatic rings. The molecule has 0 bridgehead atoms. The number of aliphatic hydroxyl groups excluding tert-OH is 1. The lowest BCUT2D eigenvalue weighted by molar-refractivity contribution is -0.145. The van der Waals surface area contributed by atoms with Gasteiger partial charge in [0.2, 0.25) is 0 Å². The van der Waals surface area contributed by atoms with Gasteiger partial charge in [-0.15, -0.1) is 0 Å². The maximum Gasteiger partial charge on any atom is 0.408 e. The van der Waals surface area contributed by atoms with Gasteiger partial charge in [0.25, 0.3) is 11.8 Å². The Bertz CT molecular complexity index is 542. The molecule has 1 aliphatic heterocycles. The minimum atomic E-state index is -2.90. The van der Waals surface area contributed by atoms with Gasteiger partial charge >= 0.3 is 6.09 Å². The van der Waals surface area contributed by atoms with E-state index in [1.807, 2.05) is 6.92 Å². The molecule has 2 fully saturated rings. The molecule has 1 aliphatic carbocycles. The van der Waals surface area contributed by atoms with Gasteiger partial charge in [0.05, 0.1) is 12.6 Å². The third-order valence-electron chi connectivity index (χ3n) is 5.40. The molecule has 2 N–H and O–H groups in total. The number of nitrogens with zero attached hydrogens (tertiary/aromatic N) is 1. The maximum atomic E-state index is 13.6. The first-order valence-electron chi connectivity index (χ1n) is 9.71. The Morgan fingerprint density at radius 1 is 1.22 bits per heavy atom. The molecule has 2 rings (SSSR count). The summed E-state index contributed by atoms with van der Waals surface area (Å²) in [7, 11) is 0. The number of amides is 2. The second-order valence-corrected chi connectivity index (χ2v) is 8.99. The number of ether oxygens (including phenoxy) is 1. The monoisotopic (exact) mass is 390 g/mol. The van der Waals surface area contributed by atoms with Crippen molar-refractivity contribution in [2.24, 2.45) is 11.8 Å². The topological polar surface area (TPSA) is 78.9 Å². The van der Waals surface area contributed by atoms with E-state index in [1.54, 1.807) is 20.8 Å². The maximum absolute atomic E-state index is 13.6. The summed E-state index contributed by atoms with van der Waals surface area (Å²) >= 11 is 0. The summed E-state index contributed by atoms with van der Waals surface area (Å²) in [5.41, 5.74) is -0.538. The average molecular weight is 390 g/mol. The fourth-order valence-corrected chi connectivity index (χ4v) is 3.81. The molecule has 2 amide bonds. The van der Waals surface area contributed by atoms with Crippen LogP contribution in [0.5, 0.6) is 0 Å². The molecule has 0 spiro atoms. The molecule has 6 nitrogen and oxygen atoms in total. The van der Waals surface area contributed by atoms with Crippen LogP contribution < -0.4 is 5.32 Å². The van der Waals surface area contributed by atoms with Crippen molar-refractivity contribution < 1.29 is 28.2 Å². The van der Waals surface area contributed by atoms with Crippen molar-refractivity contribution in [2.45, 2.75) is 83.5 Å². The van der Waals surface area contributed by atoms with Crippen LogP contribution in [0.15, 0.2) is 0 Å². The molecule has 0 radical (unpaired) electrons. The Balaban J connectivity index is 2.12. The van der Waals surface area contributed by atoms with Gasteiger partial charge in [-0.05, 0) is 52.4 Å². The fourth-order valence-electron chi connectivity index (χ4n) is 3.81. The third-order valence-corrected chi connectivity index (χ3v) is 5.40. The van der Waals surface area contributed by atoms with E-state index in [0.29, 0.717) is 25.7 Å². The van der Waals surface area contributed by atoms with Gasteiger partial charge < -0.3 is 20.1 Å². The number of likely N-dealkylation sites (tertiary alicyclic amines) is 1. The van der Waals surface area contributed by atoms with E-state index in [1.165, 1.54) is 0 Å². The number of alkyl carbamates (subject to hydrolysis) is 1. The number of alkyl halides is 2. The van der Waals surface area contributed by atoms with E-state index in [9.17, 15) is 23.5 Å². The van der Waals surface area contributed by atoms with Crippen LogP contribution in [0.1, 0.15) is 59.8 Å². The van der Waals surface area contributed by atoms with Gasteiger partial charge in [-0.1, -0.05) is 6.92 Å². The summed E-state index contributed by atoms with van der Waals surface area (Å²) in [6.45, 7) is 6.52. The highest BCUT2D eigenvalue weighted by Gasteiger charge is 2.45. The van der Waals surface area contributed by atoms with E-state index in [2.05, 4.69) is 5.32 Å². The average Bonchev–Trinajstić information content (AvgIpc) is 2.90. The molecule has 8 heteroatoms. The zero-order chi connectivity index (χ0) is 20.4. The summed E-state index contributed by atoms with van der Waals surface area (Å²) in [4.78, 5) is 26.3. The fraction of sp³-hybridized carbons (Fsp3) is 0.895. The van der Waals surface area contributed by atoms with E-state index >= 15 is 0 Å². The molecule has 0 aromatic heterocycles. The van der Waals surface area contributed by atoms with Crippen molar-refractivity contribution >= 4 is 12.0 Å². The van der Waals surface area contributed by atoms with Crippen molar-refractivity contribution in [3.8, 4) is 0 Å². The Kier molecular flexibility index (Phi) is 6.71. The number of carbonyl (C=O) groups excluding carboxylic acids is 2. The first-order valence-corrected chi connectivity index (χ1v) is 9.71. The third kappa shape index (κ3) is 6.30. The van der Waals surface area contributed by atoms with E-state index in [-0.39, 0.29) is 30.9 Å². The van der Waals surface area contributed by atoms with Crippen molar-refractivity contribution in [3.05, 3.63) is 0 Å². The Morgan fingerprint density at radius 3 is 2.30 bits per heavy atom. The molecule has 2 aliphatic rings. The lowest BCUT2D eigenvalue weighted by Gasteiger charge is -2.35. The highest BCUT2D eigenvalue weighted by atomic mass is 19.3. The van der Waals surface area contributed by atoms with Gasteiger partial charge in [-0.2, -0.15) is 0 Å². The van der Waals surface area contributed by atoms with E-state index in [4.69, 9.17) is 4.74 Å². The summed E-state index contributed by atoms with van der Waals surface area (Å²) < 4.78 is 32.6. The molecule has 1 saturated heterocycles. The summed E-state index contributed by atoms with van der Waals surface area (Å²) in [5, 5.41) is 12.4. The van der Waals surface area contributed by atoms with Crippen LogP contribution >= 0.6 is 0 Å². The number of aliphatic hydroxyl groups is 1. The van der Waals surface area contributed by atoms with Gasteiger partial charge in [-0.3, -0.25) is 4.79 Å². The summed E-state index contributed by atoms with van der Waals surface area (Å²) in [5.74, 6) is -3.68. The largest absolute Gasteiger partial charge is 0.436 e. The zero-order valence-electron chi connectivity index (χ0n) is 16.6. The number of hydrogen-bond donors (Lipinski definition) is 2. The normalized spacial score (nSPS) is 27.7. The second kappa shape index (κ2) is 8.29. The van der Waals surface area contributed by atoms with Crippen LogP contribution in [0.3, 0.4) is 0 Å². The van der Waals surface area contributed by atoms with Crippen molar-refractivity contribution in [3.63, 3.8) is 0 Å². The zero-order valence-corrected chi connectivity index (χ0v) is 16.6. The molecule has 27 heavy (non-hydrogen) atoms. The van der Waals surface area contributed by atoms with E-state index < -0.39 is 36.1 Å². The molecule has 0 aromatic carbocycles. The minimum Gasteiger partial charge on any atom is -0.436 e. The molecule has 156 valence electrons. The van der Waals surface area contributed by atoms with Gasteiger partial charge in [-0.25, -0.2) is 13.6 Å². The SMILES string of the molecule is C[C@@H](C1CCC(O)CC1)[C@H](OC(=O)NC(C)(C)C)C(=O)N1CCC(F)(F)C1. The van der Waals surface area contributed by atoms with Gasteiger partial charge in [0, 0.05) is 24.4 Å². The first kappa shape index (κ1) is 21.9. The molecule has 1 saturated carbocycles. The molecule has 0 unspecified atom stereocenters. The number of hydrogen-bond acceptors (Lipinski definition) is 4. The van der Waals surface area contributed by atoms with Crippen LogP contribution in [0.4, 0.5) is 13.6 Å². The number of rotatable bonds is 4. The predicted octanol–water partition coefficient (Wildman–Crippen LogP) is 2.93. The van der Waals surface area contributed by atoms with Crippen molar-refractivity contribution in [1.82, 2.24) is 10.2 Å². The lowest BCUT2D eigenvalue weighted by Crippen LogP contribution is -2.50. The molecular weight excluding hydrogens is 358 g/mol. The standard InChI is InChI=1S/C19H32F2N2O4/c1-12(13-5-7-14(24)8-6-13)15(27-17(26)22-18(2,3)4)16(25)23-10-9-19(20,21)11-23/h12-15,24H,5-11H2,1-4H3,(H,22,26)/t12-,13?,14?,15-/m0/s1. The minimum absolute atomic E-state index is 0.0390. The van der Waals surface area contributed by atoms with Crippen LogP contribution in [0.25, 0.3) is 0 Å². The second-order valence-electron chi connectivity index (χ2n) is 8.99. The van der Waals surface area contributed by atoms with Gasteiger partial charge in [0.1, 0.15) is 0 Å². The highest BCUT2D eigenvalue weighted by Crippen LogP contribution is 2.35. The summed E-state index contributed by atoms with van der Waals surface area (Å²) in [6, 6.07) is 0. The quantitative estimate of drug-likeness (QED) is 0.774. The number of carbonyl (C=O) groups is 2. The smallest absolute Gasteiger partial charge is 0.408 e.